The zero-order valence-corrected chi connectivity index (χ0v) is 14.0. The van der Waals surface area contributed by atoms with Gasteiger partial charge in [-0.3, -0.25) is 0 Å². The van der Waals surface area contributed by atoms with Crippen LogP contribution < -0.4 is 4.74 Å². The molecule has 0 saturated carbocycles. The number of hydrogen-bond donors (Lipinski definition) is 0. The highest BCUT2D eigenvalue weighted by Gasteiger charge is 2.17. The van der Waals surface area contributed by atoms with Crippen molar-refractivity contribution in [2.75, 3.05) is 12.4 Å². The Bertz CT molecular complexity index is 471. The molecule has 1 aromatic rings. The number of ether oxygens (including phenoxy) is 1. The summed E-state index contributed by atoms with van der Waals surface area (Å²) < 4.78 is 5.74. The molecule has 1 aromatic carbocycles. The summed E-state index contributed by atoms with van der Waals surface area (Å²) in [7, 11) is 0. The lowest BCUT2D eigenvalue weighted by atomic mass is 9.85. The van der Waals surface area contributed by atoms with E-state index >= 15 is 0 Å². The van der Waals surface area contributed by atoms with Gasteiger partial charge < -0.3 is 4.74 Å². The van der Waals surface area contributed by atoms with E-state index < -0.39 is 0 Å². The van der Waals surface area contributed by atoms with E-state index in [1.54, 1.807) is 0 Å². The van der Waals surface area contributed by atoms with Gasteiger partial charge in [0.25, 0.3) is 0 Å². The first-order valence-electron chi connectivity index (χ1n) is 7.15. The molecule has 0 spiro atoms. The van der Waals surface area contributed by atoms with Gasteiger partial charge in [-0.25, -0.2) is 0 Å². The molecule has 3 heteroatoms. The van der Waals surface area contributed by atoms with Crippen molar-refractivity contribution in [3.63, 3.8) is 0 Å². The fourth-order valence-electron chi connectivity index (χ4n) is 2.12. The maximum atomic E-state index is 8.66. The summed E-state index contributed by atoms with van der Waals surface area (Å²) in [5.74, 6) is 2.31. The molecule has 1 atom stereocenters. The highest BCUT2D eigenvalue weighted by atomic mass is 32.2. The summed E-state index contributed by atoms with van der Waals surface area (Å²) in [6, 6.07) is 6.51. The minimum absolute atomic E-state index is 0.143. The Balaban J connectivity index is 2.97. The SMILES string of the molecule is CCOc1ccc(C(C)(C)C)cc1CC(C)CSC#N. The topological polar surface area (TPSA) is 33.0 Å². The summed E-state index contributed by atoms with van der Waals surface area (Å²) in [5.41, 5.74) is 2.73. The number of nitrogens with zero attached hydrogens (tertiary/aromatic N) is 1. The highest BCUT2D eigenvalue weighted by molar-refractivity contribution is 8.03. The van der Waals surface area contributed by atoms with Gasteiger partial charge >= 0.3 is 0 Å². The van der Waals surface area contributed by atoms with Crippen molar-refractivity contribution in [2.45, 2.75) is 46.5 Å². The number of hydrogen-bond acceptors (Lipinski definition) is 3. The predicted molar refractivity (Wildman–Crippen MR) is 87.3 cm³/mol. The number of nitriles is 1. The van der Waals surface area contributed by atoms with Gasteiger partial charge in [0.15, 0.2) is 0 Å². The molecule has 0 radical (unpaired) electrons. The quantitative estimate of drug-likeness (QED) is 0.707. The van der Waals surface area contributed by atoms with E-state index in [4.69, 9.17) is 10.00 Å². The van der Waals surface area contributed by atoms with Crippen LogP contribution in [-0.2, 0) is 11.8 Å². The molecule has 20 heavy (non-hydrogen) atoms. The van der Waals surface area contributed by atoms with Crippen LogP contribution in [0.5, 0.6) is 5.75 Å². The third kappa shape index (κ3) is 5.09. The van der Waals surface area contributed by atoms with Crippen molar-refractivity contribution in [1.82, 2.24) is 0 Å². The van der Waals surface area contributed by atoms with Crippen LogP contribution >= 0.6 is 11.8 Å². The lowest BCUT2D eigenvalue weighted by Gasteiger charge is -2.22. The van der Waals surface area contributed by atoms with Crippen LogP contribution in [-0.4, -0.2) is 12.4 Å². The van der Waals surface area contributed by atoms with Crippen molar-refractivity contribution in [2.24, 2.45) is 5.92 Å². The van der Waals surface area contributed by atoms with Crippen molar-refractivity contribution in [3.05, 3.63) is 29.3 Å². The number of thioether (sulfide) groups is 1. The zero-order chi connectivity index (χ0) is 15.2. The Labute approximate surface area is 127 Å². The van der Waals surface area contributed by atoms with Gasteiger partial charge in [-0.2, -0.15) is 5.26 Å². The normalized spacial score (nSPS) is 12.8. The van der Waals surface area contributed by atoms with Crippen LogP contribution in [0.3, 0.4) is 0 Å². The van der Waals surface area contributed by atoms with Crippen molar-refractivity contribution < 1.29 is 4.74 Å². The van der Waals surface area contributed by atoms with Crippen LogP contribution in [0.25, 0.3) is 0 Å². The van der Waals surface area contributed by atoms with Gasteiger partial charge in [0.2, 0.25) is 0 Å². The van der Waals surface area contributed by atoms with E-state index in [0.717, 1.165) is 17.9 Å². The number of rotatable bonds is 6. The summed E-state index contributed by atoms with van der Waals surface area (Å²) in [6.45, 7) is 11.5. The second-order valence-corrected chi connectivity index (χ2v) is 7.02. The van der Waals surface area contributed by atoms with Gasteiger partial charge in [-0.05, 0) is 53.6 Å². The maximum Gasteiger partial charge on any atom is 0.133 e. The Morgan fingerprint density at radius 3 is 2.60 bits per heavy atom. The van der Waals surface area contributed by atoms with Crippen LogP contribution in [0, 0.1) is 16.6 Å². The molecule has 110 valence electrons. The second-order valence-electron chi connectivity index (χ2n) is 6.22. The molecule has 0 saturated heterocycles. The van der Waals surface area contributed by atoms with Gasteiger partial charge in [-0.15, -0.1) is 0 Å². The summed E-state index contributed by atoms with van der Waals surface area (Å²) in [4.78, 5) is 0. The molecule has 2 nitrogen and oxygen atoms in total. The molecular weight excluding hydrogens is 266 g/mol. The van der Waals surface area contributed by atoms with E-state index in [1.807, 2.05) is 6.92 Å². The lowest BCUT2D eigenvalue weighted by molar-refractivity contribution is 0.334. The molecule has 0 aromatic heterocycles. The summed E-state index contributed by atoms with van der Waals surface area (Å²) >= 11 is 1.33. The first kappa shape index (κ1) is 16.9. The minimum atomic E-state index is 0.143. The highest BCUT2D eigenvalue weighted by Crippen LogP contribution is 2.30. The van der Waals surface area contributed by atoms with Crippen molar-refractivity contribution >= 4 is 11.8 Å². The van der Waals surface area contributed by atoms with E-state index in [9.17, 15) is 0 Å². The third-order valence-corrected chi connectivity index (χ3v) is 4.09. The first-order valence-corrected chi connectivity index (χ1v) is 8.14. The largest absolute Gasteiger partial charge is 0.494 e. The molecule has 0 aliphatic heterocycles. The minimum Gasteiger partial charge on any atom is -0.494 e. The third-order valence-electron chi connectivity index (χ3n) is 3.23. The monoisotopic (exact) mass is 291 g/mol. The molecule has 0 bridgehead atoms. The lowest BCUT2D eigenvalue weighted by Crippen LogP contribution is -2.13. The second kappa shape index (κ2) is 7.59. The molecule has 0 N–H and O–H groups in total. The van der Waals surface area contributed by atoms with E-state index in [0.29, 0.717) is 12.5 Å². The summed E-state index contributed by atoms with van der Waals surface area (Å²) in [5, 5.41) is 10.8. The van der Waals surface area contributed by atoms with Crippen molar-refractivity contribution in [1.29, 1.82) is 5.26 Å². The fourth-order valence-corrected chi connectivity index (χ4v) is 2.59. The van der Waals surface area contributed by atoms with Crippen molar-refractivity contribution in [3.8, 4) is 11.2 Å². The van der Waals surface area contributed by atoms with Gasteiger partial charge in [0.1, 0.15) is 11.2 Å². The average Bonchev–Trinajstić information content (AvgIpc) is 2.37. The van der Waals surface area contributed by atoms with E-state index in [2.05, 4.69) is 51.3 Å². The smallest absolute Gasteiger partial charge is 0.133 e. The van der Waals surface area contributed by atoms with Crippen LogP contribution in [0.15, 0.2) is 18.2 Å². The van der Waals surface area contributed by atoms with Crippen LogP contribution in [0.1, 0.15) is 45.7 Å². The zero-order valence-electron chi connectivity index (χ0n) is 13.2. The van der Waals surface area contributed by atoms with Gasteiger partial charge in [-0.1, -0.05) is 39.8 Å². The molecule has 0 aliphatic carbocycles. The fraction of sp³-hybridized carbons (Fsp3) is 0.588. The van der Waals surface area contributed by atoms with Crippen LogP contribution in [0.2, 0.25) is 0 Å². The molecule has 1 unspecified atom stereocenters. The first-order chi connectivity index (χ1) is 9.38. The molecular formula is C17H25NOS. The molecule has 0 aliphatic rings. The van der Waals surface area contributed by atoms with Gasteiger partial charge in [0, 0.05) is 5.75 Å². The molecule has 0 heterocycles. The van der Waals surface area contributed by atoms with E-state index in [1.165, 1.54) is 22.9 Å². The Kier molecular flexibility index (Phi) is 6.42. The molecule has 1 rings (SSSR count). The van der Waals surface area contributed by atoms with Crippen LogP contribution in [0.4, 0.5) is 0 Å². The molecule has 0 fully saturated rings. The number of benzene rings is 1. The summed E-state index contributed by atoms with van der Waals surface area (Å²) in [6.07, 6.45) is 0.952. The maximum absolute atomic E-state index is 8.66. The van der Waals surface area contributed by atoms with Gasteiger partial charge in [0.05, 0.1) is 6.61 Å². The average molecular weight is 291 g/mol. The Hall–Kier alpha value is -1.14. The standard InChI is InChI=1S/C17H25NOS/c1-6-19-16-8-7-15(17(3,4)5)10-14(16)9-13(2)11-20-12-18/h7-8,10,13H,6,9,11H2,1-5H3. The van der Waals surface area contributed by atoms with E-state index in [-0.39, 0.29) is 5.41 Å². The number of thiocyanates is 1. The Morgan fingerprint density at radius 1 is 1.35 bits per heavy atom. The predicted octanol–water partition coefficient (Wildman–Crippen LogP) is 4.78. The Morgan fingerprint density at radius 2 is 2.05 bits per heavy atom. The molecule has 0 amide bonds.